The Morgan fingerprint density at radius 3 is 2.07 bits per heavy atom. The molecule has 3 aromatic carbocycles. The van der Waals surface area contributed by atoms with Gasteiger partial charge in [-0.3, -0.25) is 9.52 Å². The van der Waals surface area contributed by atoms with Crippen LogP contribution in [0, 0.1) is 18.3 Å². The number of nitrogens with zero attached hydrogens (tertiary/aromatic N) is 1. The lowest BCUT2D eigenvalue weighted by Crippen LogP contribution is -2.14. The molecule has 0 heterocycles. The predicted molar refractivity (Wildman–Crippen MR) is 112 cm³/mol. The van der Waals surface area contributed by atoms with Gasteiger partial charge in [-0.05, 0) is 61.0 Å². The second-order valence-electron chi connectivity index (χ2n) is 6.48. The van der Waals surface area contributed by atoms with Gasteiger partial charge in [-0.2, -0.15) is 5.26 Å². The maximum absolute atomic E-state index is 12.4. The van der Waals surface area contributed by atoms with E-state index < -0.39 is 10.0 Å². The van der Waals surface area contributed by atoms with Gasteiger partial charge in [0.2, 0.25) is 0 Å². The smallest absolute Gasteiger partial charge is 0.261 e. The number of anilines is 2. The molecule has 0 aromatic heterocycles. The zero-order valence-corrected chi connectivity index (χ0v) is 16.5. The van der Waals surface area contributed by atoms with Crippen molar-refractivity contribution >= 4 is 27.3 Å². The molecule has 3 aromatic rings. The first-order chi connectivity index (χ1) is 13.9. The van der Waals surface area contributed by atoms with Crippen molar-refractivity contribution < 1.29 is 13.2 Å². The first-order valence-corrected chi connectivity index (χ1v) is 10.3. The van der Waals surface area contributed by atoms with E-state index in [0.29, 0.717) is 23.4 Å². The molecule has 146 valence electrons. The number of benzene rings is 3. The first kappa shape index (κ1) is 20.1. The molecule has 0 aliphatic heterocycles. The monoisotopic (exact) mass is 405 g/mol. The van der Waals surface area contributed by atoms with Gasteiger partial charge in [0.25, 0.3) is 15.9 Å². The average Bonchev–Trinajstić information content (AvgIpc) is 2.70. The van der Waals surface area contributed by atoms with Crippen LogP contribution in [0.25, 0.3) is 0 Å². The summed E-state index contributed by atoms with van der Waals surface area (Å²) in [4.78, 5) is 12.5. The van der Waals surface area contributed by atoms with Gasteiger partial charge < -0.3 is 5.32 Å². The van der Waals surface area contributed by atoms with Gasteiger partial charge in [-0.1, -0.05) is 29.8 Å². The molecule has 0 radical (unpaired) electrons. The van der Waals surface area contributed by atoms with Crippen molar-refractivity contribution in [3.05, 3.63) is 89.5 Å². The van der Waals surface area contributed by atoms with Crippen LogP contribution in [-0.4, -0.2) is 14.3 Å². The standard InChI is InChI=1S/C22H19N3O3S/c1-16-2-12-21(13-3-16)29(27,28)25-20-10-6-18(7-11-20)22(26)24-19-8-4-17(5-9-19)14-15-23/h2-13,25H,14H2,1H3,(H,24,26). The highest BCUT2D eigenvalue weighted by molar-refractivity contribution is 7.92. The SMILES string of the molecule is Cc1ccc(S(=O)(=O)Nc2ccc(C(=O)Nc3ccc(CC#N)cc3)cc2)cc1. The van der Waals surface area contributed by atoms with Crippen LogP contribution in [0.4, 0.5) is 11.4 Å². The van der Waals surface area contributed by atoms with Gasteiger partial charge in [0.05, 0.1) is 17.4 Å². The van der Waals surface area contributed by atoms with E-state index in [2.05, 4.69) is 16.1 Å². The maximum Gasteiger partial charge on any atom is 0.261 e. The number of carbonyl (C=O) groups is 1. The molecule has 0 saturated heterocycles. The van der Waals surface area contributed by atoms with Gasteiger partial charge in [0.1, 0.15) is 0 Å². The molecule has 0 saturated carbocycles. The normalized spacial score (nSPS) is 10.8. The van der Waals surface area contributed by atoms with Crippen LogP contribution in [-0.2, 0) is 16.4 Å². The molecule has 2 N–H and O–H groups in total. The number of hydrogen-bond acceptors (Lipinski definition) is 4. The molecule has 0 aliphatic rings. The number of carbonyl (C=O) groups excluding carboxylic acids is 1. The van der Waals surface area contributed by atoms with Crippen molar-refractivity contribution in [3.8, 4) is 6.07 Å². The Labute approximate surface area is 169 Å². The second kappa shape index (κ2) is 8.59. The van der Waals surface area contributed by atoms with Crippen molar-refractivity contribution in [2.24, 2.45) is 0 Å². The van der Waals surface area contributed by atoms with E-state index in [1.807, 2.05) is 6.92 Å². The summed E-state index contributed by atoms with van der Waals surface area (Å²) in [5.41, 5.74) is 3.21. The third kappa shape index (κ3) is 5.21. The topological polar surface area (TPSA) is 99.1 Å². The van der Waals surface area contributed by atoms with Crippen molar-refractivity contribution in [1.82, 2.24) is 0 Å². The summed E-state index contributed by atoms with van der Waals surface area (Å²) < 4.78 is 27.4. The van der Waals surface area contributed by atoms with Crippen molar-refractivity contribution in [1.29, 1.82) is 5.26 Å². The average molecular weight is 405 g/mol. The quantitative estimate of drug-likeness (QED) is 0.644. The van der Waals surface area contributed by atoms with E-state index in [4.69, 9.17) is 5.26 Å². The molecule has 1 amide bonds. The fourth-order valence-electron chi connectivity index (χ4n) is 2.62. The highest BCUT2D eigenvalue weighted by Gasteiger charge is 2.14. The van der Waals surface area contributed by atoms with Crippen LogP contribution in [0.1, 0.15) is 21.5 Å². The van der Waals surface area contributed by atoms with Crippen molar-refractivity contribution in [2.45, 2.75) is 18.2 Å². The Hall–Kier alpha value is -3.63. The van der Waals surface area contributed by atoms with E-state index >= 15 is 0 Å². The van der Waals surface area contributed by atoms with E-state index in [9.17, 15) is 13.2 Å². The number of nitrogens with one attached hydrogen (secondary N) is 2. The zero-order chi connectivity index (χ0) is 20.9. The van der Waals surface area contributed by atoms with E-state index in [1.54, 1.807) is 60.7 Å². The lowest BCUT2D eigenvalue weighted by Gasteiger charge is -2.10. The van der Waals surface area contributed by atoms with Crippen molar-refractivity contribution in [2.75, 3.05) is 10.0 Å². The van der Waals surface area contributed by atoms with Crippen molar-refractivity contribution in [3.63, 3.8) is 0 Å². The minimum atomic E-state index is -3.69. The molecule has 3 rings (SSSR count). The summed E-state index contributed by atoms with van der Waals surface area (Å²) in [5.74, 6) is -0.314. The number of rotatable bonds is 6. The summed E-state index contributed by atoms with van der Waals surface area (Å²) >= 11 is 0. The Balaban J connectivity index is 1.67. The number of hydrogen-bond donors (Lipinski definition) is 2. The molecule has 7 heteroatoms. The van der Waals surface area contributed by atoms with Crippen LogP contribution in [0.15, 0.2) is 77.7 Å². The van der Waals surface area contributed by atoms with E-state index in [0.717, 1.165) is 11.1 Å². The molecule has 0 spiro atoms. The third-order valence-electron chi connectivity index (χ3n) is 4.23. The van der Waals surface area contributed by atoms with Crippen LogP contribution in [0.3, 0.4) is 0 Å². The fourth-order valence-corrected chi connectivity index (χ4v) is 3.68. The molecule has 0 atom stereocenters. The fraction of sp³-hybridized carbons (Fsp3) is 0.0909. The summed E-state index contributed by atoms with van der Waals surface area (Å²) in [6, 6.07) is 21.8. The maximum atomic E-state index is 12.4. The lowest BCUT2D eigenvalue weighted by molar-refractivity contribution is 0.102. The Morgan fingerprint density at radius 2 is 1.48 bits per heavy atom. The van der Waals surface area contributed by atoms with Gasteiger partial charge in [-0.25, -0.2) is 8.42 Å². The Bertz CT molecular complexity index is 1150. The van der Waals surface area contributed by atoms with E-state index in [1.165, 1.54) is 12.1 Å². The largest absolute Gasteiger partial charge is 0.322 e. The minimum Gasteiger partial charge on any atom is -0.322 e. The summed E-state index contributed by atoms with van der Waals surface area (Å²) in [6.45, 7) is 1.88. The van der Waals surface area contributed by atoms with Crippen LogP contribution in [0.5, 0.6) is 0 Å². The lowest BCUT2D eigenvalue weighted by atomic mass is 10.1. The van der Waals surface area contributed by atoms with E-state index in [-0.39, 0.29) is 10.8 Å². The molecular formula is C22H19N3O3S. The van der Waals surface area contributed by atoms with Crippen LogP contribution >= 0.6 is 0 Å². The predicted octanol–water partition coefficient (Wildman–Crippen LogP) is 4.11. The minimum absolute atomic E-state index is 0.171. The third-order valence-corrected chi connectivity index (χ3v) is 5.62. The number of aryl methyl sites for hydroxylation is 1. The van der Waals surface area contributed by atoms with Crippen LogP contribution in [0.2, 0.25) is 0 Å². The zero-order valence-electron chi connectivity index (χ0n) is 15.7. The highest BCUT2D eigenvalue weighted by atomic mass is 32.2. The number of nitriles is 1. The number of sulfonamides is 1. The molecule has 0 bridgehead atoms. The molecular weight excluding hydrogens is 386 g/mol. The molecule has 0 aliphatic carbocycles. The second-order valence-corrected chi connectivity index (χ2v) is 8.16. The van der Waals surface area contributed by atoms with Gasteiger partial charge in [0, 0.05) is 16.9 Å². The van der Waals surface area contributed by atoms with Gasteiger partial charge in [-0.15, -0.1) is 0 Å². The summed E-state index contributed by atoms with van der Waals surface area (Å²) in [7, 11) is -3.69. The van der Waals surface area contributed by atoms with Crippen LogP contribution < -0.4 is 10.0 Å². The molecule has 0 unspecified atom stereocenters. The highest BCUT2D eigenvalue weighted by Crippen LogP contribution is 2.18. The Morgan fingerprint density at radius 1 is 0.897 bits per heavy atom. The molecule has 0 fully saturated rings. The summed E-state index contributed by atoms with van der Waals surface area (Å²) in [6.07, 6.45) is 0.314. The first-order valence-electron chi connectivity index (χ1n) is 8.84. The molecule has 29 heavy (non-hydrogen) atoms. The number of amides is 1. The van der Waals surface area contributed by atoms with Gasteiger partial charge in [0.15, 0.2) is 0 Å². The van der Waals surface area contributed by atoms with Gasteiger partial charge >= 0.3 is 0 Å². The molecule has 6 nitrogen and oxygen atoms in total. The summed E-state index contributed by atoms with van der Waals surface area (Å²) in [5, 5.41) is 11.5. The Kier molecular flexibility index (Phi) is 5.96.